The van der Waals surface area contributed by atoms with E-state index in [-0.39, 0.29) is 0 Å². The predicted octanol–water partition coefficient (Wildman–Crippen LogP) is 1.88. The Bertz CT molecular complexity index is 518. The van der Waals surface area contributed by atoms with Crippen molar-refractivity contribution in [2.45, 2.75) is 25.8 Å². The molecule has 0 aromatic heterocycles. The molecule has 1 N–H and O–H groups in total. The summed E-state index contributed by atoms with van der Waals surface area (Å²) in [5.41, 5.74) is 2.05. The Morgan fingerprint density at radius 1 is 0.840 bits per heavy atom. The maximum absolute atomic E-state index is 3.59. The Labute approximate surface area is 153 Å². The molecule has 4 heteroatoms. The first-order chi connectivity index (χ1) is 12.3. The zero-order chi connectivity index (χ0) is 17.0. The number of piperazine rings is 1. The summed E-state index contributed by atoms with van der Waals surface area (Å²) in [6, 6.07) is 10.9. The van der Waals surface area contributed by atoms with E-state index in [9.17, 15) is 0 Å². The number of nitrogens with zero attached hydrogens (tertiary/aromatic N) is 3. The maximum Gasteiger partial charge on any atom is 0.0234 e. The molecule has 0 amide bonds. The quantitative estimate of drug-likeness (QED) is 0.882. The summed E-state index contributed by atoms with van der Waals surface area (Å²) in [5, 5.41) is 3.59. The number of hydrogen-bond donors (Lipinski definition) is 1. The van der Waals surface area contributed by atoms with Crippen LogP contribution in [-0.4, -0.2) is 80.1 Å². The van der Waals surface area contributed by atoms with Crippen LogP contribution in [0.4, 0.5) is 0 Å². The molecule has 0 radical (unpaired) electrons. The number of hydrogen-bond acceptors (Lipinski definition) is 4. The van der Waals surface area contributed by atoms with E-state index in [1.807, 2.05) is 0 Å². The Morgan fingerprint density at radius 3 is 2.36 bits per heavy atom. The number of nitrogens with one attached hydrogen (secondary N) is 1. The highest BCUT2D eigenvalue weighted by Gasteiger charge is 2.37. The van der Waals surface area contributed by atoms with Gasteiger partial charge in [-0.15, -0.1) is 0 Å². The van der Waals surface area contributed by atoms with Gasteiger partial charge >= 0.3 is 0 Å². The number of piperidine rings is 1. The summed E-state index contributed by atoms with van der Waals surface area (Å²) in [6.45, 7) is 13.6. The molecule has 3 saturated heterocycles. The van der Waals surface area contributed by atoms with Crippen LogP contribution in [0.5, 0.6) is 0 Å². The van der Waals surface area contributed by atoms with Gasteiger partial charge in [-0.25, -0.2) is 0 Å². The minimum absolute atomic E-state index is 0.604. The van der Waals surface area contributed by atoms with E-state index in [4.69, 9.17) is 0 Å². The normalized spacial score (nSPS) is 29.4. The molecule has 1 aromatic rings. The number of benzene rings is 1. The third kappa shape index (κ3) is 4.62. The highest BCUT2D eigenvalue weighted by molar-refractivity contribution is 5.14. The molecule has 0 aliphatic carbocycles. The molecule has 0 bridgehead atoms. The zero-order valence-electron chi connectivity index (χ0n) is 15.6. The largest absolute Gasteiger partial charge is 0.316 e. The lowest BCUT2D eigenvalue weighted by molar-refractivity contribution is 0.0758. The number of likely N-dealkylation sites (tertiary alicyclic amines) is 1. The molecule has 1 atom stereocenters. The molecule has 3 heterocycles. The second kappa shape index (κ2) is 8.17. The minimum atomic E-state index is 0.604. The second-order valence-corrected chi connectivity index (χ2v) is 8.41. The van der Waals surface area contributed by atoms with E-state index in [1.165, 1.54) is 90.3 Å². The number of rotatable bonds is 5. The third-order valence-corrected chi connectivity index (χ3v) is 6.52. The first-order valence-electron chi connectivity index (χ1n) is 10.2. The molecule has 138 valence electrons. The van der Waals surface area contributed by atoms with Gasteiger partial charge in [-0.1, -0.05) is 30.3 Å². The summed E-state index contributed by atoms with van der Waals surface area (Å²) in [6.07, 6.45) is 4.23. The Morgan fingerprint density at radius 2 is 1.60 bits per heavy atom. The van der Waals surface area contributed by atoms with Crippen LogP contribution in [0.15, 0.2) is 30.3 Å². The van der Waals surface area contributed by atoms with Gasteiger partial charge in [0.05, 0.1) is 0 Å². The Hall–Kier alpha value is -0.940. The predicted molar refractivity (Wildman–Crippen MR) is 104 cm³/mol. The average molecular weight is 343 g/mol. The van der Waals surface area contributed by atoms with Crippen molar-refractivity contribution >= 4 is 0 Å². The van der Waals surface area contributed by atoms with Crippen LogP contribution in [-0.2, 0) is 6.54 Å². The van der Waals surface area contributed by atoms with Crippen LogP contribution in [0, 0.1) is 5.41 Å². The van der Waals surface area contributed by atoms with E-state index in [2.05, 4.69) is 50.3 Å². The molecule has 4 nitrogen and oxygen atoms in total. The second-order valence-electron chi connectivity index (χ2n) is 8.41. The summed E-state index contributed by atoms with van der Waals surface area (Å²) in [7, 11) is 0. The maximum atomic E-state index is 3.59. The van der Waals surface area contributed by atoms with E-state index >= 15 is 0 Å². The van der Waals surface area contributed by atoms with Gasteiger partial charge in [0.1, 0.15) is 0 Å². The van der Waals surface area contributed by atoms with E-state index in [0.29, 0.717) is 5.41 Å². The van der Waals surface area contributed by atoms with Gasteiger partial charge in [0, 0.05) is 58.9 Å². The summed E-state index contributed by atoms with van der Waals surface area (Å²) in [4.78, 5) is 8.02. The van der Waals surface area contributed by atoms with Crippen LogP contribution >= 0.6 is 0 Å². The first-order valence-corrected chi connectivity index (χ1v) is 10.2. The van der Waals surface area contributed by atoms with Crippen LogP contribution in [0.3, 0.4) is 0 Å². The van der Waals surface area contributed by atoms with Gasteiger partial charge in [0.15, 0.2) is 0 Å². The molecule has 3 fully saturated rings. The van der Waals surface area contributed by atoms with E-state index < -0.39 is 0 Å². The molecule has 25 heavy (non-hydrogen) atoms. The fraction of sp³-hybridized carbons (Fsp3) is 0.714. The van der Waals surface area contributed by atoms with Crippen LogP contribution < -0.4 is 5.32 Å². The lowest BCUT2D eigenvalue weighted by Crippen LogP contribution is -2.50. The molecule has 3 aliphatic rings. The smallest absolute Gasteiger partial charge is 0.0234 e. The van der Waals surface area contributed by atoms with Crippen molar-refractivity contribution in [1.82, 2.24) is 20.0 Å². The van der Waals surface area contributed by atoms with Crippen LogP contribution in [0.25, 0.3) is 0 Å². The topological polar surface area (TPSA) is 21.8 Å². The Balaban J connectivity index is 1.18. The molecule has 0 unspecified atom stereocenters. The lowest BCUT2D eigenvalue weighted by Gasteiger charge is -2.41. The fourth-order valence-electron chi connectivity index (χ4n) is 4.94. The fourth-order valence-corrected chi connectivity index (χ4v) is 4.94. The Kier molecular flexibility index (Phi) is 5.71. The van der Waals surface area contributed by atoms with Crippen LogP contribution in [0.2, 0.25) is 0 Å². The standard InChI is InChI=1S/C21H34N4/c1-2-5-20(6-3-1)17-24-14-11-23(12-15-24)13-16-25-10-4-7-21(19-25)8-9-22-18-21/h1-3,5-6,22H,4,7-19H2/t21-/m0/s1. The SMILES string of the molecule is c1ccc(CN2CCN(CCN3CCC[C@@]4(CCNC4)C3)CC2)cc1. The molecule has 0 saturated carbocycles. The van der Waals surface area contributed by atoms with Crippen molar-refractivity contribution in [2.24, 2.45) is 5.41 Å². The summed E-state index contributed by atoms with van der Waals surface area (Å²) >= 11 is 0. The lowest BCUT2D eigenvalue weighted by atomic mass is 9.79. The van der Waals surface area contributed by atoms with Gasteiger partial charge in [-0.05, 0) is 43.3 Å². The van der Waals surface area contributed by atoms with Crippen molar-refractivity contribution in [3.05, 3.63) is 35.9 Å². The van der Waals surface area contributed by atoms with Gasteiger partial charge in [0.2, 0.25) is 0 Å². The monoisotopic (exact) mass is 342 g/mol. The molecule has 3 aliphatic heterocycles. The summed E-state index contributed by atoms with van der Waals surface area (Å²) in [5.74, 6) is 0. The minimum Gasteiger partial charge on any atom is -0.316 e. The molecular weight excluding hydrogens is 308 g/mol. The molecular formula is C21H34N4. The van der Waals surface area contributed by atoms with Gasteiger partial charge in [-0.2, -0.15) is 0 Å². The van der Waals surface area contributed by atoms with Crippen molar-refractivity contribution < 1.29 is 0 Å². The van der Waals surface area contributed by atoms with Gasteiger partial charge in [-0.3, -0.25) is 9.80 Å². The van der Waals surface area contributed by atoms with Crippen LogP contribution in [0.1, 0.15) is 24.8 Å². The average Bonchev–Trinajstić information content (AvgIpc) is 3.10. The molecule has 4 rings (SSSR count). The highest BCUT2D eigenvalue weighted by atomic mass is 15.3. The summed E-state index contributed by atoms with van der Waals surface area (Å²) < 4.78 is 0. The van der Waals surface area contributed by atoms with E-state index in [0.717, 1.165) is 6.54 Å². The van der Waals surface area contributed by atoms with Crippen molar-refractivity contribution in [3.8, 4) is 0 Å². The molecule has 1 aromatic carbocycles. The van der Waals surface area contributed by atoms with Gasteiger partial charge < -0.3 is 10.2 Å². The van der Waals surface area contributed by atoms with Gasteiger partial charge in [0.25, 0.3) is 0 Å². The zero-order valence-corrected chi connectivity index (χ0v) is 15.6. The highest BCUT2D eigenvalue weighted by Crippen LogP contribution is 2.35. The molecule has 1 spiro atoms. The van der Waals surface area contributed by atoms with Crippen molar-refractivity contribution in [1.29, 1.82) is 0 Å². The third-order valence-electron chi connectivity index (χ3n) is 6.52. The van der Waals surface area contributed by atoms with Crippen molar-refractivity contribution in [2.75, 3.05) is 65.4 Å². The van der Waals surface area contributed by atoms with Crippen molar-refractivity contribution in [3.63, 3.8) is 0 Å². The first kappa shape index (κ1) is 17.5. The van der Waals surface area contributed by atoms with E-state index in [1.54, 1.807) is 0 Å².